The van der Waals surface area contributed by atoms with Crippen LogP contribution in [0.4, 0.5) is 4.39 Å². The van der Waals surface area contributed by atoms with Gasteiger partial charge in [0.1, 0.15) is 16.9 Å². The van der Waals surface area contributed by atoms with Crippen molar-refractivity contribution in [3.63, 3.8) is 0 Å². The van der Waals surface area contributed by atoms with Crippen molar-refractivity contribution in [1.82, 2.24) is 19.7 Å². The molecule has 4 aromatic rings. The molecule has 4 rings (SSSR count). The maximum atomic E-state index is 13.1. The van der Waals surface area contributed by atoms with E-state index >= 15 is 0 Å². The average Bonchev–Trinajstić information content (AvgIpc) is 2.98. The smallest absolute Gasteiger partial charge is 0.284 e. The van der Waals surface area contributed by atoms with E-state index in [9.17, 15) is 14.0 Å². The van der Waals surface area contributed by atoms with E-state index in [1.54, 1.807) is 6.20 Å². The van der Waals surface area contributed by atoms with Crippen LogP contribution in [0, 0.1) is 5.82 Å². The largest absolute Gasteiger partial charge is 0.343 e. The number of nitrogens with zero attached hydrogens (tertiary/aromatic N) is 2. The molecule has 0 saturated carbocycles. The Kier molecular flexibility index (Phi) is 4.18. The van der Waals surface area contributed by atoms with Crippen LogP contribution in [0.3, 0.4) is 0 Å². The van der Waals surface area contributed by atoms with Gasteiger partial charge in [-0.2, -0.15) is 0 Å². The summed E-state index contributed by atoms with van der Waals surface area (Å²) in [5, 5.41) is 3.76. The van der Waals surface area contributed by atoms with Crippen LogP contribution in [0.5, 0.6) is 0 Å². The van der Waals surface area contributed by atoms with Crippen molar-refractivity contribution < 1.29 is 4.39 Å². The van der Waals surface area contributed by atoms with Crippen LogP contribution in [-0.2, 0) is 5.75 Å². The quantitative estimate of drug-likeness (QED) is 0.543. The van der Waals surface area contributed by atoms with Crippen molar-refractivity contribution in [3.05, 3.63) is 86.8 Å². The predicted octanol–water partition coefficient (Wildman–Crippen LogP) is 2.83. The summed E-state index contributed by atoms with van der Waals surface area (Å²) in [5.41, 5.74) is 0.619. The number of halogens is 1. The van der Waals surface area contributed by atoms with Crippen molar-refractivity contribution in [1.29, 1.82) is 0 Å². The number of thioether (sulfide) groups is 1. The van der Waals surface area contributed by atoms with Gasteiger partial charge in [0.15, 0.2) is 5.43 Å². The molecule has 6 nitrogen and oxygen atoms in total. The summed E-state index contributed by atoms with van der Waals surface area (Å²) in [5.74, 6) is 0.106. The summed E-state index contributed by atoms with van der Waals surface area (Å²) in [7, 11) is 0. The first-order chi connectivity index (χ1) is 12.6. The van der Waals surface area contributed by atoms with Crippen LogP contribution >= 0.6 is 11.8 Å². The van der Waals surface area contributed by atoms with Crippen molar-refractivity contribution in [2.75, 3.05) is 0 Å². The Morgan fingerprint density at radius 1 is 1.12 bits per heavy atom. The summed E-state index contributed by atoms with van der Waals surface area (Å²) < 4.78 is 14.3. The highest BCUT2D eigenvalue weighted by molar-refractivity contribution is 7.98. The second kappa shape index (κ2) is 6.64. The minimum Gasteiger partial charge on any atom is -0.343 e. The third-order valence-corrected chi connectivity index (χ3v) is 4.82. The first-order valence-corrected chi connectivity index (χ1v) is 8.77. The van der Waals surface area contributed by atoms with E-state index in [2.05, 4.69) is 15.1 Å². The standard InChI is InChI=1S/C18H13FN4O2S/c19-11-4-6-13(7-5-11)23-18(25)16-14(24)9-12(21-17(16)22-23)10-26-15-3-1-2-8-20-15/h1-9H,10H2,(H2,21,22,24). The zero-order valence-electron chi connectivity index (χ0n) is 13.4. The first kappa shape index (κ1) is 16.3. The van der Waals surface area contributed by atoms with E-state index in [0.717, 1.165) is 5.03 Å². The number of hydrogen-bond acceptors (Lipinski definition) is 4. The molecule has 130 valence electrons. The Labute approximate surface area is 150 Å². The molecule has 2 N–H and O–H groups in total. The summed E-state index contributed by atoms with van der Waals surface area (Å²) >= 11 is 1.48. The molecule has 26 heavy (non-hydrogen) atoms. The normalized spacial score (nSPS) is 11.1. The summed E-state index contributed by atoms with van der Waals surface area (Å²) in [6.45, 7) is 0. The average molecular weight is 368 g/mol. The van der Waals surface area contributed by atoms with Gasteiger partial charge < -0.3 is 4.98 Å². The molecule has 0 unspecified atom stereocenters. The Morgan fingerprint density at radius 3 is 2.65 bits per heavy atom. The maximum absolute atomic E-state index is 13.1. The van der Waals surface area contributed by atoms with Crippen LogP contribution < -0.4 is 11.0 Å². The number of fused-ring (bicyclic) bond motifs is 1. The highest BCUT2D eigenvalue weighted by Crippen LogP contribution is 2.19. The fourth-order valence-corrected chi connectivity index (χ4v) is 3.39. The minimum atomic E-state index is -0.475. The lowest BCUT2D eigenvalue weighted by molar-refractivity contribution is 0.627. The van der Waals surface area contributed by atoms with Gasteiger partial charge in [-0.05, 0) is 36.4 Å². The molecule has 0 aliphatic rings. The van der Waals surface area contributed by atoms with Gasteiger partial charge in [-0.15, -0.1) is 11.8 Å². The topological polar surface area (TPSA) is 83.5 Å². The second-order valence-corrected chi connectivity index (χ2v) is 6.59. The molecule has 0 aliphatic heterocycles. The van der Waals surface area contributed by atoms with Crippen LogP contribution in [0.15, 0.2) is 69.3 Å². The summed E-state index contributed by atoms with van der Waals surface area (Å²) in [6.07, 6.45) is 1.70. The molecule has 0 bridgehead atoms. The molecule has 0 amide bonds. The van der Waals surface area contributed by atoms with Crippen molar-refractivity contribution in [2.24, 2.45) is 0 Å². The highest BCUT2D eigenvalue weighted by Gasteiger charge is 2.13. The van der Waals surface area contributed by atoms with Crippen molar-refractivity contribution in [3.8, 4) is 5.69 Å². The second-order valence-electron chi connectivity index (χ2n) is 5.59. The number of hydrogen-bond donors (Lipinski definition) is 2. The summed E-state index contributed by atoms with van der Waals surface area (Å²) in [6, 6.07) is 12.5. The van der Waals surface area contributed by atoms with E-state index in [0.29, 0.717) is 22.8 Å². The van der Waals surface area contributed by atoms with Gasteiger partial charge in [-0.1, -0.05) is 6.07 Å². The van der Waals surface area contributed by atoms with E-state index in [1.165, 1.54) is 46.8 Å². The molecule has 0 spiro atoms. The van der Waals surface area contributed by atoms with E-state index in [1.807, 2.05) is 18.2 Å². The van der Waals surface area contributed by atoms with E-state index < -0.39 is 11.4 Å². The fourth-order valence-electron chi connectivity index (χ4n) is 2.62. The van der Waals surface area contributed by atoms with Gasteiger partial charge in [0.2, 0.25) is 0 Å². The van der Waals surface area contributed by atoms with Crippen molar-refractivity contribution in [2.45, 2.75) is 10.8 Å². The lowest BCUT2D eigenvalue weighted by Crippen LogP contribution is -2.18. The van der Waals surface area contributed by atoms with Crippen LogP contribution in [0.25, 0.3) is 16.7 Å². The molecule has 3 aromatic heterocycles. The number of aromatic nitrogens is 4. The number of nitrogens with one attached hydrogen (secondary N) is 2. The monoisotopic (exact) mass is 368 g/mol. The van der Waals surface area contributed by atoms with Gasteiger partial charge in [-0.25, -0.2) is 14.1 Å². The van der Waals surface area contributed by atoms with Gasteiger partial charge in [0.05, 0.1) is 10.7 Å². The van der Waals surface area contributed by atoms with Gasteiger partial charge in [-0.3, -0.25) is 14.7 Å². The maximum Gasteiger partial charge on any atom is 0.284 e. The van der Waals surface area contributed by atoms with E-state index in [-0.39, 0.29) is 10.8 Å². The molecular weight excluding hydrogens is 355 g/mol. The summed E-state index contributed by atoms with van der Waals surface area (Å²) in [4.78, 5) is 32.2. The lowest BCUT2D eigenvalue weighted by Gasteiger charge is -2.02. The number of rotatable bonds is 4. The first-order valence-electron chi connectivity index (χ1n) is 7.78. The third kappa shape index (κ3) is 3.06. The molecular formula is C18H13FN4O2S. The zero-order chi connectivity index (χ0) is 18.1. The Bertz CT molecular complexity index is 1180. The predicted molar refractivity (Wildman–Crippen MR) is 98.3 cm³/mol. The van der Waals surface area contributed by atoms with Crippen molar-refractivity contribution >= 4 is 22.8 Å². The molecule has 0 saturated heterocycles. The van der Waals surface area contributed by atoms with Crippen LogP contribution in [0.1, 0.15) is 5.69 Å². The molecule has 0 atom stereocenters. The Balaban J connectivity index is 1.72. The van der Waals surface area contributed by atoms with Gasteiger partial charge >= 0.3 is 0 Å². The number of pyridine rings is 2. The number of aromatic amines is 2. The van der Waals surface area contributed by atoms with Gasteiger partial charge in [0, 0.05) is 23.7 Å². The fraction of sp³-hybridized carbons (Fsp3) is 0.0556. The van der Waals surface area contributed by atoms with Crippen LogP contribution in [-0.4, -0.2) is 19.7 Å². The number of H-pyrrole nitrogens is 2. The highest BCUT2D eigenvalue weighted by atomic mass is 32.2. The van der Waals surface area contributed by atoms with E-state index in [4.69, 9.17) is 0 Å². The molecule has 8 heteroatoms. The number of benzene rings is 1. The Hall–Kier alpha value is -3.13. The molecule has 0 radical (unpaired) electrons. The molecule has 0 aliphatic carbocycles. The lowest BCUT2D eigenvalue weighted by atomic mass is 10.3. The third-order valence-electron chi connectivity index (χ3n) is 3.83. The van der Waals surface area contributed by atoms with Gasteiger partial charge in [0.25, 0.3) is 5.56 Å². The zero-order valence-corrected chi connectivity index (χ0v) is 14.2. The molecule has 1 aromatic carbocycles. The molecule has 0 fully saturated rings. The Morgan fingerprint density at radius 2 is 1.92 bits per heavy atom. The minimum absolute atomic E-state index is 0.0425. The SMILES string of the molecule is O=c1cc(CSc2ccccn2)[nH]c2[nH]n(-c3ccc(F)cc3)c(=O)c12. The van der Waals surface area contributed by atoms with Crippen LogP contribution in [0.2, 0.25) is 0 Å². The molecule has 3 heterocycles.